The fraction of sp³-hybridized carbons (Fsp3) is 0.550. The number of rotatable bonds is 13. The van der Waals surface area contributed by atoms with Crippen molar-refractivity contribution >= 4 is 35.6 Å². The van der Waals surface area contributed by atoms with E-state index in [1.807, 2.05) is 0 Å². The number of nitrogens with one attached hydrogen (secondary N) is 3. The number of aromatic amines is 1. The van der Waals surface area contributed by atoms with Gasteiger partial charge < -0.3 is 42.2 Å². The summed E-state index contributed by atoms with van der Waals surface area (Å²) in [6.07, 6.45) is 2.26. The molecule has 0 saturated carbocycles. The van der Waals surface area contributed by atoms with Gasteiger partial charge in [0, 0.05) is 31.3 Å². The first kappa shape index (κ1) is 27.2. The van der Waals surface area contributed by atoms with Crippen molar-refractivity contribution in [2.24, 2.45) is 11.5 Å². The Kier molecular flexibility index (Phi) is 9.69. The number of amides is 4. The van der Waals surface area contributed by atoms with Gasteiger partial charge in [-0.1, -0.05) is 0 Å². The molecule has 1 aromatic rings. The molecule has 9 N–H and O–H groups in total. The molecule has 4 amide bonds. The van der Waals surface area contributed by atoms with Crippen LogP contribution in [0.15, 0.2) is 12.5 Å². The number of likely N-dealkylation sites (tertiary alicyclic amines) is 1. The lowest BCUT2D eigenvalue weighted by Gasteiger charge is -2.28. The average Bonchev–Trinajstić information content (AvgIpc) is 3.47. The Morgan fingerprint density at radius 2 is 1.83 bits per heavy atom. The van der Waals surface area contributed by atoms with Gasteiger partial charge >= 0.3 is 11.9 Å². The molecule has 1 fully saturated rings. The molecule has 1 aliphatic rings. The maximum absolute atomic E-state index is 13.1. The number of carbonyl (C=O) groups is 6. The van der Waals surface area contributed by atoms with Crippen LogP contribution in [0, 0.1) is 0 Å². The predicted molar refractivity (Wildman–Crippen MR) is 117 cm³/mol. The molecule has 4 unspecified atom stereocenters. The van der Waals surface area contributed by atoms with E-state index in [-0.39, 0.29) is 32.2 Å². The van der Waals surface area contributed by atoms with Crippen molar-refractivity contribution in [3.8, 4) is 0 Å². The highest BCUT2D eigenvalue weighted by atomic mass is 16.4. The Labute approximate surface area is 199 Å². The van der Waals surface area contributed by atoms with Crippen LogP contribution in [0.25, 0.3) is 0 Å². The molecule has 0 aliphatic carbocycles. The molecule has 0 radical (unpaired) electrons. The summed E-state index contributed by atoms with van der Waals surface area (Å²) in [7, 11) is 0. The number of carbonyl (C=O) groups excluding carboxylic acids is 4. The minimum atomic E-state index is -1.57. The molecule has 0 bridgehead atoms. The third kappa shape index (κ3) is 8.06. The van der Waals surface area contributed by atoms with Crippen molar-refractivity contribution in [1.82, 2.24) is 25.5 Å². The highest BCUT2D eigenvalue weighted by Crippen LogP contribution is 2.19. The normalized spacial score (nSPS) is 17.7. The summed E-state index contributed by atoms with van der Waals surface area (Å²) in [5, 5.41) is 23.4. The van der Waals surface area contributed by atoms with Crippen LogP contribution in [0.5, 0.6) is 0 Å². The molecule has 15 heteroatoms. The number of nitrogens with two attached hydrogens (primary N) is 2. The van der Waals surface area contributed by atoms with Crippen LogP contribution in [0.4, 0.5) is 0 Å². The number of carboxylic acid groups (broad SMARTS) is 2. The van der Waals surface area contributed by atoms with Crippen LogP contribution >= 0.6 is 0 Å². The zero-order valence-electron chi connectivity index (χ0n) is 18.8. The third-order valence-electron chi connectivity index (χ3n) is 5.46. The second kappa shape index (κ2) is 12.5. The number of nitrogens with zero attached hydrogens (tertiary/aromatic N) is 2. The summed E-state index contributed by atoms with van der Waals surface area (Å²) in [4.78, 5) is 79.9. The second-order valence-corrected chi connectivity index (χ2v) is 8.14. The van der Waals surface area contributed by atoms with E-state index in [0.717, 1.165) is 4.90 Å². The first-order chi connectivity index (χ1) is 16.5. The van der Waals surface area contributed by atoms with Crippen molar-refractivity contribution in [2.45, 2.75) is 62.7 Å². The van der Waals surface area contributed by atoms with Crippen molar-refractivity contribution in [3.05, 3.63) is 18.2 Å². The summed E-state index contributed by atoms with van der Waals surface area (Å²) >= 11 is 0. The van der Waals surface area contributed by atoms with E-state index < -0.39 is 66.2 Å². The van der Waals surface area contributed by atoms with Crippen LogP contribution in [0.2, 0.25) is 0 Å². The van der Waals surface area contributed by atoms with Gasteiger partial charge in [-0.05, 0) is 19.3 Å². The maximum atomic E-state index is 13.1. The number of primary amides is 1. The van der Waals surface area contributed by atoms with Gasteiger partial charge in [0.15, 0.2) is 0 Å². The minimum absolute atomic E-state index is 0.0643. The standard InChI is InChI=1S/C20H29N7O8/c21-11(3-4-15(22)28)17(31)25-12(6-10-8-23-9-24-10)18(32)26-13(7-16(29)30)19(33)27-5-1-2-14(27)20(34)35/h8-9,11-14H,1-7,21H2,(H2,22,28)(H,23,24)(H,25,31)(H,26,32)(H,29,30)(H,34,35). The lowest BCUT2D eigenvalue weighted by atomic mass is 10.1. The van der Waals surface area contributed by atoms with Gasteiger partial charge in [0.05, 0.1) is 18.8 Å². The fourth-order valence-corrected chi connectivity index (χ4v) is 3.67. The second-order valence-electron chi connectivity index (χ2n) is 8.14. The number of carboxylic acids is 2. The molecular weight excluding hydrogens is 466 g/mol. The number of aromatic nitrogens is 2. The van der Waals surface area contributed by atoms with E-state index in [1.165, 1.54) is 12.5 Å². The summed E-state index contributed by atoms with van der Waals surface area (Å²) in [6, 6.07) is -5.14. The van der Waals surface area contributed by atoms with Crippen molar-refractivity contribution in [1.29, 1.82) is 0 Å². The maximum Gasteiger partial charge on any atom is 0.326 e. The summed E-state index contributed by atoms with van der Waals surface area (Å²) in [5.41, 5.74) is 11.3. The van der Waals surface area contributed by atoms with Crippen LogP contribution in [0.3, 0.4) is 0 Å². The molecule has 1 aromatic heterocycles. The topological polar surface area (TPSA) is 251 Å². The van der Waals surface area contributed by atoms with Crippen LogP contribution in [-0.2, 0) is 35.2 Å². The van der Waals surface area contributed by atoms with Gasteiger partial charge in [-0.3, -0.25) is 24.0 Å². The van der Waals surface area contributed by atoms with Crippen molar-refractivity contribution in [3.63, 3.8) is 0 Å². The quantitative estimate of drug-likeness (QED) is 0.147. The average molecular weight is 495 g/mol. The number of hydrogen-bond donors (Lipinski definition) is 7. The molecule has 192 valence electrons. The molecule has 15 nitrogen and oxygen atoms in total. The Bertz CT molecular complexity index is 951. The fourth-order valence-electron chi connectivity index (χ4n) is 3.67. The molecule has 0 spiro atoms. The Morgan fingerprint density at radius 3 is 2.40 bits per heavy atom. The van der Waals surface area contributed by atoms with E-state index in [4.69, 9.17) is 11.5 Å². The van der Waals surface area contributed by atoms with E-state index in [9.17, 15) is 39.0 Å². The van der Waals surface area contributed by atoms with E-state index in [1.54, 1.807) is 0 Å². The van der Waals surface area contributed by atoms with Crippen LogP contribution in [0.1, 0.15) is 37.8 Å². The Morgan fingerprint density at radius 1 is 1.14 bits per heavy atom. The first-order valence-electron chi connectivity index (χ1n) is 10.9. The SMILES string of the molecule is NC(=O)CCC(N)C(=O)NC(Cc1cnc[nH]1)C(=O)NC(CC(=O)O)C(=O)N1CCCC1C(=O)O. The van der Waals surface area contributed by atoms with Crippen LogP contribution in [-0.4, -0.2) is 91.4 Å². The zero-order chi connectivity index (χ0) is 26.1. The van der Waals surface area contributed by atoms with Gasteiger partial charge in [0.2, 0.25) is 23.6 Å². The molecule has 35 heavy (non-hydrogen) atoms. The van der Waals surface area contributed by atoms with Gasteiger partial charge in [0.1, 0.15) is 18.1 Å². The van der Waals surface area contributed by atoms with Gasteiger partial charge in [0.25, 0.3) is 0 Å². The number of hydrogen-bond acceptors (Lipinski definition) is 8. The molecule has 0 aromatic carbocycles. The molecule has 2 rings (SSSR count). The van der Waals surface area contributed by atoms with Crippen molar-refractivity contribution < 1.29 is 39.0 Å². The zero-order valence-corrected chi connectivity index (χ0v) is 18.8. The van der Waals surface area contributed by atoms with Crippen molar-refractivity contribution in [2.75, 3.05) is 6.54 Å². The smallest absolute Gasteiger partial charge is 0.326 e. The molecule has 2 heterocycles. The molecular formula is C20H29N7O8. The van der Waals surface area contributed by atoms with Gasteiger partial charge in [-0.15, -0.1) is 0 Å². The minimum Gasteiger partial charge on any atom is -0.481 e. The summed E-state index contributed by atoms with van der Waals surface area (Å²) in [5.74, 6) is -5.78. The Balaban J connectivity index is 2.19. The highest BCUT2D eigenvalue weighted by Gasteiger charge is 2.39. The first-order valence-corrected chi connectivity index (χ1v) is 10.9. The molecule has 4 atom stereocenters. The highest BCUT2D eigenvalue weighted by molar-refractivity contribution is 5.96. The monoisotopic (exact) mass is 495 g/mol. The van der Waals surface area contributed by atoms with Crippen LogP contribution < -0.4 is 22.1 Å². The number of H-pyrrole nitrogens is 1. The van der Waals surface area contributed by atoms with E-state index in [0.29, 0.717) is 12.1 Å². The lowest BCUT2D eigenvalue weighted by molar-refractivity contribution is -0.150. The van der Waals surface area contributed by atoms with E-state index >= 15 is 0 Å². The van der Waals surface area contributed by atoms with Gasteiger partial charge in [-0.2, -0.15) is 0 Å². The number of aliphatic carboxylic acids is 2. The van der Waals surface area contributed by atoms with Gasteiger partial charge in [-0.25, -0.2) is 9.78 Å². The predicted octanol–water partition coefficient (Wildman–Crippen LogP) is -2.94. The summed E-state index contributed by atoms with van der Waals surface area (Å²) in [6.45, 7) is 0.102. The van der Waals surface area contributed by atoms with E-state index in [2.05, 4.69) is 20.6 Å². The largest absolute Gasteiger partial charge is 0.481 e. The Hall–Kier alpha value is -4.01. The third-order valence-corrected chi connectivity index (χ3v) is 5.46. The number of imidazole rings is 1. The molecule has 1 saturated heterocycles. The lowest BCUT2D eigenvalue weighted by Crippen LogP contribution is -2.58. The summed E-state index contributed by atoms with van der Waals surface area (Å²) < 4.78 is 0. The molecule has 1 aliphatic heterocycles.